The van der Waals surface area contributed by atoms with Gasteiger partial charge >= 0.3 is 0 Å². The van der Waals surface area contributed by atoms with Gasteiger partial charge in [-0.05, 0) is 36.0 Å². The molecule has 2 atom stereocenters. The Hall–Kier alpha value is -1.71. The summed E-state index contributed by atoms with van der Waals surface area (Å²) in [6.45, 7) is 5.82. The van der Waals surface area contributed by atoms with Gasteiger partial charge in [-0.3, -0.25) is 14.8 Å². The van der Waals surface area contributed by atoms with Crippen molar-refractivity contribution in [2.24, 2.45) is 5.92 Å². The molecule has 2 bridgehead atoms. The Morgan fingerprint density at radius 1 is 0.870 bits per heavy atom. The number of benzene rings is 1. The molecular weight excluding hydrogens is 282 g/mol. The number of hydrogen-bond donors (Lipinski definition) is 0. The van der Waals surface area contributed by atoms with Gasteiger partial charge < -0.3 is 0 Å². The number of rotatable bonds is 4. The maximum Gasteiger partial charge on any atom is 0.0312 e. The predicted octanol–water partition coefficient (Wildman–Crippen LogP) is 3.18. The zero-order chi connectivity index (χ0) is 15.5. The van der Waals surface area contributed by atoms with Crippen LogP contribution >= 0.6 is 0 Å². The standard InChI is InChI=1S/C20H25N3/c1-2-5-17(6-3-1)14-23-15-19-8-9-20(23)16-22(13-19)12-18-7-4-10-21-11-18/h1-7,10-11,19-20H,8-9,12-16H2/t19-,20+/m1/s1. The summed E-state index contributed by atoms with van der Waals surface area (Å²) in [4.78, 5) is 9.62. The molecule has 1 aromatic carbocycles. The predicted molar refractivity (Wildman–Crippen MR) is 92.9 cm³/mol. The fraction of sp³-hybridized carbons (Fsp3) is 0.450. The van der Waals surface area contributed by atoms with E-state index in [1.54, 1.807) is 0 Å². The van der Waals surface area contributed by atoms with Crippen molar-refractivity contribution in [2.75, 3.05) is 19.6 Å². The Balaban J connectivity index is 1.44. The van der Waals surface area contributed by atoms with E-state index in [1.807, 2.05) is 18.5 Å². The first-order chi connectivity index (χ1) is 11.4. The van der Waals surface area contributed by atoms with Crippen molar-refractivity contribution in [3.05, 3.63) is 66.0 Å². The quantitative estimate of drug-likeness (QED) is 0.865. The molecule has 3 saturated heterocycles. The first kappa shape index (κ1) is 14.9. The molecule has 3 nitrogen and oxygen atoms in total. The molecule has 0 radical (unpaired) electrons. The van der Waals surface area contributed by atoms with Crippen molar-refractivity contribution in [1.29, 1.82) is 0 Å². The molecule has 2 aromatic rings. The second-order valence-electron chi connectivity index (χ2n) is 7.07. The van der Waals surface area contributed by atoms with E-state index in [0.717, 1.165) is 19.0 Å². The molecule has 3 aliphatic heterocycles. The summed E-state index contributed by atoms with van der Waals surface area (Å²) in [7, 11) is 0. The Kier molecular flexibility index (Phi) is 4.40. The van der Waals surface area contributed by atoms with Gasteiger partial charge in [-0.25, -0.2) is 0 Å². The molecule has 0 spiro atoms. The lowest BCUT2D eigenvalue weighted by molar-refractivity contribution is 0.123. The van der Waals surface area contributed by atoms with Crippen molar-refractivity contribution in [3.63, 3.8) is 0 Å². The summed E-state index contributed by atoms with van der Waals surface area (Å²) >= 11 is 0. The van der Waals surface area contributed by atoms with Gasteiger partial charge in [-0.1, -0.05) is 36.4 Å². The van der Waals surface area contributed by atoms with Crippen LogP contribution in [0.2, 0.25) is 0 Å². The molecule has 4 heterocycles. The second-order valence-corrected chi connectivity index (χ2v) is 7.07. The molecule has 23 heavy (non-hydrogen) atoms. The van der Waals surface area contributed by atoms with Gasteiger partial charge in [0.15, 0.2) is 0 Å². The fourth-order valence-electron chi connectivity index (χ4n) is 4.17. The van der Waals surface area contributed by atoms with Crippen LogP contribution in [0, 0.1) is 5.92 Å². The Morgan fingerprint density at radius 3 is 2.57 bits per heavy atom. The number of pyridine rings is 1. The average Bonchev–Trinajstić information content (AvgIpc) is 2.87. The van der Waals surface area contributed by atoms with Gasteiger partial charge in [0.2, 0.25) is 0 Å². The monoisotopic (exact) mass is 307 g/mol. The largest absolute Gasteiger partial charge is 0.297 e. The van der Waals surface area contributed by atoms with Crippen molar-refractivity contribution >= 4 is 0 Å². The van der Waals surface area contributed by atoms with Gasteiger partial charge in [0.05, 0.1) is 0 Å². The zero-order valence-corrected chi connectivity index (χ0v) is 13.6. The lowest BCUT2D eigenvalue weighted by Crippen LogP contribution is -2.43. The molecule has 0 aliphatic carbocycles. The topological polar surface area (TPSA) is 19.4 Å². The van der Waals surface area contributed by atoms with Crippen molar-refractivity contribution in [1.82, 2.24) is 14.8 Å². The van der Waals surface area contributed by atoms with Crippen LogP contribution < -0.4 is 0 Å². The maximum atomic E-state index is 4.26. The van der Waals surface area contributed by atoms with Gasteiger partial charge in [0, 0.05) is 51.2 Å². The first-order valence-electron chi connectivity index (χ1n) is 8.76. The highest BCUT2D eigenvalue weighted by molar-refractivity contribution is 5.15. The van der Waals surface area contributed by atoms with E-state index in [4.69, 9.17) is 0 Å². The molecule has 0 N–H and O–H groups in total. The molecule has 120 valence electrons. The van der Waals surface area contributed by atoms with Crippen LogP contribution in [0.1, 0.15) is 24.0 Å². The van der Waals surface area contributed by atoms with Crippen molar-refractivity contribution < 1.29 is 0 Å². The van der Waals surface area contributed by atoms with Crippen molar-refractivity contribution in [2.45, 2.75) is 32.0 Å². The first-order valence-corrected chi connectivity index (χ1v) is 8.76. The molecule has 3 aliphatic rings. The minimum Gasteiger partial charge on any atom is -0.297 e. The average molecular weight is 307 g/mol. The Labute approximate surface area is 139 Å². The van der Waals surface area contributed by atoms with Gasteiger partial charge in [-0.2, -0.15) is 0 Å². The van der Waals surface area contributed by atoms with Gasteiger partial charge in [0.25, 0.3) is 0 Å². The van der Waals surface area contributed by atoms with Crippen LogP contribution in [0.4, 0.5) is 0 Å². The lowest BCUT2D eigenvalue weighted by atomic mass is 9.94. The van der Waals surface area contributed by atoms with E-state index >= 15 is 0 Å². The van der Waals surface area contributed by atoms with E-state index < -0.39 is 0 Å². The number of fused-ring (bicyclic) bond motifs is 4. The highest BCUT2D eigenvalue weighted by atomic mass is 15.3. The molecule has 0 unspecified atom stereocenters. The van der Waals surface area contributed by atoms with E-state index in [2.05, 4.69) is 51.2 Å². The maximum absolute atomic E-state index is 4.26. The Morgan fingerprint density at radius 2 is 1.74 bits per heavy atom. The second kappa shape index (κ2) is 6.81. The highest BCUT2D eigenvalue weighted by Crippen LogP contribution is 2.29. The number of piperidine rings is 1. The van der Waals surface area contributed by atoms with E-state index in [-0.39, 0.29) is 0 Å². The summed E-state index contributed by atoms with van der Waals surface area (Å²) < 4.78 is 0. The molecule has 3 fully saturated rings. The molecule has 0 amide bonds. The van der Waals surface area contributed by atoms with Crippen LogP contribution in [0.5, 0.6) is 0 Å². The number of hydrogen-bond acceptors (Lipinski definition) is 3. The van der Waals surface area contributed by atoms with Crippen LogP contribution in [-0.4, -0.2) is 40.5 Å². The van der Waals surface area contributed by atoms with Crippen LogP contribution in [0.3, 0.4) is 0 Å². The SMILES string of the molecule is c1ccc(CN2C[C@@H]3CC[C@H]2CN(Cc2cccnc2)C3)cc1. The van der Waals surface area contributed by atoms with Crippen LogP contribution in [-0.2, 0) is 13.1 Å². The third-order valence-corrected chi connectivity index (χ3v) is 5.26. The normalized spacial score (nSPS) is 25.4. The van der Waals surface area contributed by atoms with Crippen LogP contribution in [0.15, 0.2) is 54.9 Å². The van der Waals surface area contributed by atoms with Gasteiger partial charge in [-0.15, -0.1) is 0 Å². The molecule has 3 heteroatoms. The molecular formula is C20H25N3. The minimum atomic E-state index is 0.700. The number of aromatic nitrogens is 1. The highest BCUT2D eigenvalue weighted by Gasteiger charge is 2.34. The summed E-state index contributed by atoms with van der Waals surface area (Å²) in [5.41, 5.74) is 2.78. The van der Waals surface area contributed by atoms with Crippen molar-refractivity contribution in [3.8, 4) is 0 Å². The lowest BCUT2D eigenvalue weighted by Gasteiger charge is -2.36. The van der Waals surface area contributed by atoms with E-state index in [1.165, 1.54) is 43.6 Å². The van der Waals surface area contributed by atoms with E-state index in [9.17, 15) is 0 Å². The zero-order valence-electron chi connectivity index (χ0n) is 13.6. The number of nitrogens with zero attached hydrogens (tertiary/aromatic N) is 3. The minimum absolute atomic E-state index is 0.700. The Bertz CT molecular complexity index is 611. The smallest absolute Gasteiger partial charge is 0.0312 e. The third kappa shape index (κ3) is 3.62. The molecule has 5 rings (SSSR count). The van der Waals surface area contributed by atoms with E-state index in [0.29, 0.717) is 6.04 Å². The summed E-state index contributed by atoms with van der Waals surface area (Å²) in [5.74, 6) is 0.814. The summed E-state index contributed by atoms with van der Waals surface area (Å²) in [6, 6.07) is 15.9. The molecule has 0 saturated carbocycles. The summed E-state index contributed by atoms with van der Waals surface area (Å²) in [5, 5.41) is 0. The fourth-order valence-corrected chi connectivity index (χ4v) is 4.17. The van der Waals surface area contributed by atoms with Gasteiger partial charge in [0.1, 0.15) is 0 Å². The molecule has 1 aromatic heterocycles. The third-order valence-electron chi connectivity index (χ3n) is 5.26. The van der Waals surface area contributed by atoms with Crippen LogP contribution in [0.25, 0.3) is 0 Å². The summed E-state index contributed by atoms with van der Waals surface area (Å²) in [6.07, 6.45) is 6.60.